The molecular weight excluding hydrogens is 440 g/mol. The van der Waals surface area contributed by atoms with E-state index >= 15 is 0 Å². The molecule has 0 aliphatic heterocycles. The maximum atomic E-state index is 13.4. The number of hydrogen-bond acceptors (Lipinski definition) is 5. The first-order chi connectivity index (χ1) is 17.1. The van der Waals surface area contributed by atoms with Crippen LogP contribution in [-0.2, 0) is 6.42 Å². The Hall–Kier alpha value is -3.87. The topological polar surface area (TPSA) is 89.1 Å². The van der Waals surface area contributed by atoms with Crippen molar-refractivity contribution in [2.75, 3.05) is 20.8 Å². The van der Waals surface area contributed by atoms with E-state index in [0.29, 0.717) is 40.3 Å². The summed E-state index contributed by atoms with van der Waals surface area (Å²) in [5.74, 6) is 1.09. The van der Waals surface area contributed by atoms with Crippen molar-refractivity contribution < 1.29 is 14.3 Å². The normalized spacial score (nSPS) is 11.0. The molecule has 2 heterocycles. The molecular formula is C28H32N4O3. The van der Waals surface area contributed by atoms with Gasteiger partial charge in [0, 0.05) is 17.7 Å². The van der Waals surface area contributed by atoms with Crippen molar-refractivity contribution in [2.24, 2.45) is 0 Å². The summed E-state index contributed by atoms with van der Waals surface area (Å²) in [6, 6.07) is 15.7. The summed E-state index contributed by atoms with van der Waals surface area (Å²) in [4.78, 5) is 18.2. The van der Waals surface area contributed by atoms with Crippen LogP contribution >= 0.6 is 0 Å². The molecule has 0 aliphatic rings. The highest BCUT2D eigenvalue weighted by Crippen LogP contribution is 2.35. The van der Waals surface area contributed by atoms with Gasteiger partial charge in [-0.25, -0.2) is 4.98 Å². The Morgan fingerprint density at radius 1 is 0.943 bits per heavy atom. The van der Waals surface area contributed by atoms with Crippen molar-refractivity contribution in [3.05, 3.63) is 59.7 Å². The van der Waals surface area contributed by atoms with Crippen molar-refractivity contribution in [1.29, 1.82) is 0 Å². The van der Waals surface area contributed by atoms with Crippen LogP contribution in [0.1, 0.15) is 49.0 Å². The number of nitrogens with one attached hydrogen (secondary N) is 2. The van der Waals surface area contributed by atoms with Crippen LogP contribution in [-0.4, -0.2) is 41.9 Å². The number of pyridine rings is 1. The van der Waals surface area contributed by atoms with Gasteiger partial charge in [-0.1, -0.05) is 51.0 Å². The molecule has 0 fully saturated rings. The zero-order valence-electron chi connectivity index (χ0n) is 20.8. The van der Waals surface area contributed by atoms with Crippen LogP contribution in [0.5, 0.6) is 11.5 Å². The van der Waals surface area contributed by atoms with E-state index in [4.69, 9.17) is 14.5 Å². The Labute approximate surface area is 205 Å². The number of aryl methyl sites for hydroxylation is 1. The van der Waals surface area contributed by atoms with Gasteiger partial charge < -0.3 is 14.8 Å². The molecule has 2 aromatic heterocycles. The molecule has 4 aromatic rings. The number of benzene rings is 2. The van der Waals surface area contributed by atoms with Crippen LogP contribution < -0.4 is 14.8 Å². The first-order valence-electron chi connectivity index (χ1n) is 12.1. The lowest BCUT2D eigenvalue weighted by atomic mass is 10.0. The number of H-pyrrole nitrogens is 1. The molecule has 0 aliphatic carbocycles. The van der Waals surface area contributed by atoms with Crippen molar-refractivity contribution in [3.8, 4) is 34.0 Å². The van der Waals surface area contributed by atoms with E-state index in [1.165, 1.54) is 5.56 Å². The van der Waals surface area contributed by atoms with Gasteiger partial charge in [0.05, 0.1) is 36.6 Å². The van der Waals surface area contributed by atoms with Gasteiger partial charge in [-0.05, 0) is 42.7 Å². The number of carbonyl (C=O) groups excluding carboxylic acids is 1. The van der Waals surface area contributed by atoms with Crippen LogP contribution in [0.4, 0.5) is 0 Å². The van der Waals surface area contributed by atoms with Gasteiger partial charge >= 0.3 is 0 Å². The number of carbonyl (C=O) groups is 1. The number of rotatable bonds is 10. The van der Waals surface area contributed by atoms with Gasteiger partial charge in [0.15, 0.2) is 17.1 Å². The Kier molecular flexibility index (Phi) is 7.65. The van der Waals surface area contributed by atoms with Crippen molar-refractivity contribution in [3.63, 3.8) is 0 Å². The second-order valence-corrected chi connectivity index (χ2v) is 8.44. The number of nitrogens with zero attached hydrogens (tertiary/aromatic N) is 2. The summed E-state index contributed by atoms with van der Waals surface area (Å²) in [5.41, 5.74) is 5.47. The van der Waals surface area contributed by atoms with Gasteiger partial charge in [-0.15, -0.1) is 0 Å². The monoisotopic (exact) mass is 472 g/mol. The largest absolute Gasteiger partial charge is 0.493 e. The Balaban J connectivity index is 1.83. The molecule has 0 saturated heterocycles. The maximum Gasteiger partial charge on any atom is 0.252 e. The number of ether oxygens (including phenoxy) is 2. The van der Waals surface area contributed by atoms with Gasteiger partial charge in [0.2, 0.25) is 0 Å². The van der Waals surface area contributed by atoms with E-state index in [0.717, 1.165) is 42.5 Å². The third kappa shape index (κ3) is 5.14. The lowest BCUT2D eigenvalue weighted by molar-refractivity contribution is 0.0954. The molecule has 4 rings (SSSR count). The third-order valence-corrected chi connectivity index (χ3v) is 6.16. The summed E-state index contributed by atoms with van der Waals surface area (Å²) in [6.45, 7) is 4.90. The number of aromatic amines is 1. The zero-order valence-corrected chi connectivity index (χ0v) is 20.8. The average molecular weight is 473 g/mol. The Bertz CT molecular complexity index is 1310. The SMILES string of the molecule is CCCCCNC(=O)c1cc(-c2ccc(OC)c(OC)c2)nc2n[nH]c(-c3ccc(CC)cc3)c12. The number of aromatic nitrogens is 3. The summed E-state index contributed by atoms with van der Waals surface area (Å²) in [6.07, 6.45) is 4.07. The summed E-state index contributed by atoms with van der Waals surface area (Å²) in [5, 5.41) is 11.4. The zero-order chi connectivity index (χ0) is 24.8. The predicted octanol–water partition coefficient (Wildman–Crippen LogP) is 5.79. The molecule has 7 nitrogen and oxygen atoms in total. The minimum atomic E-state index is -0.136. The number of methoxy groups -OCH3 is 2. The molecule has 2 aromatic carbocycles. The maximum absolute atomic E-state index is 13.4. The van der Waals surface area contributed by atoms with Gasteiger partial charge in [0.25, 0.3) is 5.91 Å². The second kappa shape index (κ2) is 11.0. The van der Waals surface area contributed by atoms with Gasteiger partial charge in [-0.3, -0.25) is 9.89 Å². The van der Waals surface area contributed by atoms with Crippen molar-refractivity contribution in [2.45, 2.75) is 39.5 Å². The highest BCUT2D eigenvalue weighted by Gasteiger charge is 2.21. The standard InChI is InChI=1S/C28H32N4O3/c1-5-7-8-15-29-28(33)21-17-22(20-13-14-23(34-3)24(16-20)35-4)30-27-25(21)26(31-32-27)19-11-9-18(6-2)10-12-19/h9-14,16-17H,5-8,15H2,1-4H3,(H,29,33)(H,30,31,32). The van der Waals surface area contributed by atoms with Crippen LogP contribution in [0.2, 0.25) is 0 Å². The lowest BCUT2D eigenvalue weighted by Gasteiger charge is -2.12. The number of hydrogen-bond donors (Lipinski definition) is 2. The lowest BCUT2D eigenvalue weighted by Crippen LogP contribution is -2.24. The molecule has 0 saturated carbocycles. The fourth-order valence-electron chi connectivity index (χ4n) is 4.13. The van der Waals surface area contributed by atoms with E-state index in [-0.39, 0.29) is 5.91 Å². The Morgan fingerprint density at radius 2 is 1.69 bits per heavy atom. The Morgan fingerprint density at radius 3 is 2.37 bits per heavy atom. The van der Waals surface area contributed by atoms with E-state index in [2.05, 4.69) is 53.6 Å². The van der Waals surface area contributed by atoms with Crippen LogP contribution in [0.3, 0.4) is 0 Å². The molecule has 1 amide bonds. The molecule has 7 heteroatoms. The quantitative estimate of drug-likeness (QED) is 0.285. The third-order valence-electron chi connectivity index (χ3n) is 6.16. The molecule has 0 radical (unpaired) electrons. The molecule has 182 valence electrons. The first kappa shape index (κ1) is 24.3. The van der Waals surface area contributed by atoms with Crippen LogP contribution in [0, 0.1) is 0 Å². The first-order valence-corrected chi connectivity index (χ1v) is 12.1. The number of amides is 1. The molecule has 0 spiro atoms. The van der Waals surface area contributed by atoms with Crippen molar-refractivity contribution in [1.82, 2.24) is 20.5 Å². The predicted molar refractivity (Wildman–Crippen MR) is 139 cm³/mol. The summed E-state index contributed by atoms with van der Waals surface area (Å²) >= 11 is 0. The summed E-state index contributed by atoms with van der Waals surface area (Å²) < 4.78 is 10.8. The van der Waals surface area contributed by atoms with E-state index < -0.39 is 0 Å². The van der Waals surface area contributed by atoms with Crippen LogP contribution in [0.25, 0.3) is 33.5 Å². The molecule has 0 atom stereocenters. The highest BCUT2D eigenvalue weighted by molar-refractivity contribution is 6.11. The van der Waals surface area contributed by atoms with Gasteiger partial charge in [-0.2, -0.15) is 5.10 Å². The van der Waals surface area contributed by atoms with E-state index in [1.807, 2.05) is 24.3 Å². The summed E-state index contributed by atoms with van der Waals surface area (Å²) in [7, 11) is 3.19. The van der Waals surface area contributed by atoms with E-state index in [9.17, 15) is 4.79 Å². The molecule has 35 heavy (non-hydrogen) atoms. The minimum absolute atomic E-state index is 0.136. The second-order valence-electron chi connectivity index (χ2n) is 8.44. The smallest absolute Gasteiger partial charge is 0.252 e. The average Bonchev–Trinajstić information content (AvgIpc) is 3.34. The number of fused-ring (bicyclic) bond motifs is 1. The number of unbranched alkanes of at least 4 members (excludes halogenated alkanes) is 2. The molecule has 0 bridgehead atoms. The fourth-order valence-corrected chi connectivity index (χ4v) is 4.13. The molecule has 2 N–H and O–H groups in total. The van der Waals surface area contributed by atoms with E-state index in [1.54, 1.807) is 14.2 Å². The van der Waals surface area contributed by atoms with Crippen molar-refractivity contribution >= 4 is 16.9 Å². The van der Waals surface area contributed by atoms with Crippen LogP contribution in [0.15, 0.2) is 48.5 Å². The molecule has 0 unspecified atom stereocenters. The highest BCUT2D eigenvalue weighted by atomic mass is 16.5. The van der Waals surface area contributed by atoms with Gasteiger partial charge in [0.1, 0.15) is 0 Å². The fraction of sp³-hybridized carbons (Fsp3) is 0.321. The minimum Gasteiger partial charge on any atom is -0.493 e.